The fraction of sp³-hybridized carbons (Fsp3) is 0.385. The molecule has 0 radical (unpaired) electrons. The summed E-state index contributed by atoms with van der Waals surface area (Å²) >= 11 is 1.70. The van der Waals surface area contributed by atoms with Gasteiger partial charge in [-0.15, -0.1) is 11.8 Å². The molecule has 2 aliphatic rings. The molecule has 3 rings (SSSR count). The molecule has 1 atom stereocenters. The Hall–Kier alpha value is -1.49. The summed E-state index contributed by atoms with van der Waals surface area (Å²) in [5, 5.41) is 8.81. The van der Waals surface area contributed by atoms with Gasteiger partial charge in [0, 0.05) is 23.7 Å². The largest absolute Gasteiger partial charge is 0.481 e. The van der Waals surface area contributed by atoms with Gasteiger partial charge in [-0.2, -0.15) is 0 Å². The van der Waals surface area contributed by atoms with Gasteiger partial charge in [0.15, 0.2) is 0 Å². The van der Waals surface area contributed by atoms with Gasteiger partial charge in [0.05, 0.1) is 11.8 Å². The second-order valence-electron chi connectivity index (χ2n) is 4.68. The van der Waals surface area contributed by atoms with Gasteiger partial charge in [0.1, 0.15) is 0 Å². The number of carbonyl (C=O) groups excluding carboxylic acids is 1. The fourth-order valence-corrected chi connectivity index (χ4v) is 3.62. The molecule has 1 N–H and O–H groups in total. The van der Waals surface area contributed by atoms with Gasteiger partial charge in [-0.25, -0.2) is 0 Å². The number of nitrogens with zero attached hydrogens (tertiary/aromatic N) is 1. The first-order chi connectivity index (χ1) is 8.66. The van der Waals surface area contributed by atoms with Gasteiger partial charge in [-0.1, -0.05) is 18.2 Å². The molecule has 1 amide bonds. The Kier molecular flexibility index (Phi) is 2.78. The molecule has 18 heavy (non-hydrogen) atoms. The number of carboxylic acids is 1. The summed E-state index contributed by atoms with van der Waals surface area (Å²) in [6, 6.07) is 7.94. The van der Waals surface area contributed by atoms with E-state index in [4.69, 9.17) is 5.11 Å². The number of amides is 1. The van der Waals surface area contributed by atoms with Crippen molar-refractivity contribution in [3.63, 3.8) is 0 Å². The molecule has 2 heterocycles. The second kappa shape index (κ2) is 4.31. The number of aliphatic carboxylic acids is 1. The number of fused-ring (bicyclic) bond motifs is 1. The fourth-order valence-electron chi connectivity index (χ4n) is 2.40. The van der Waals surface area contributed by atoms with Gasteiger partial charge < -0.3 is 10.0 Å². The van der Waals surface area contributed by atoms with E-state index in [1.54, 1.807) is 16.7 Å². The van der Waals surface area contributed by atoms with Crippen molar-refractivity contribution < 1.29 is 14.7 Å². The summed E-state index contributed by atoms with van der Waals surface area (Å²) in [6.07, 6.45) is 0. The highest BCUT2D eigenvalue weighted by Gasteiger charge is 2.40. The summed E-state index contributed by atoms with van der Waals surface area (Å²) in [7, 11) is 0. The van der Waals surface area contributed by atoms with Crippen molar-refractivity contribution in [1.29, 1.82) is 0 Å². The van der Waals surface area contributed by atoms with Crippen molar-refractivity contribution >= 4 is 23.6 Å². The van der Waals surface area contributed by atoms with Crippen molar-refractivity contribution in [2.24, 2.45) is 5.92 Å². The molecule has 94 valence electrons. The van der Waals surface area contributed by atoms with Crippen LogP contribution in [-0.4, -0.2) is 40.7 Å². The number of hydrogen-bond donors (Lipinski definition) is 1. The van der Waals surface area contributed by atoms with Crippen molar-refractivity contribution in [1.82, 2.24) is 4.90 Å². The van der Waals surface area contributed by atoms with Crippen LogP contribution in [0.25, 0.3) is 0 Å². The third kappa shape index (κ3) is 1.79. The van der Waals surface area contributed by atoms with Crippen LogP contribution < -0.4 is 0 Å². The van der Waals surface area contributed by atoms with Crippen molar-refractivity contribution in [2.45, 2.75) is 10.8 Å². The molecule has 5 heteroatoms. The summed E-state index contributed by atoms with van der Waals surface area (Å²) < 4.78 is 0. The average Bonchev–Trinajstić information content (AvgIpc) is 2.69. The van der Waals surface area contributed by atoms with Crippen LogP contribution in [0.3, 0.4) is 0 Å². The van der Waals surface area contributed by atoms with Gasteiger partial charge in [-0.3, -0.25) is 9.59 Å². The van der Waals surface area contributed by atoms with E-state index in [1.807, 2.05) is 24.3 Å². The molecule has 0 aliphatic carbocycles. The lowest BCUT2D eigenvalue weighted by molar-refractivity contribution is -0.153. The van der Waals surface area contributed by atoms with E-state index in [-0.39, 0.29) is 17.7 Å². The van der Waals surface area contributed by atoms with Crippen molar-refractivity contribution in [2.75, 3.05) is 18.8 Å². The molecule has 1 aromatic rings. The topological polar surface area (TPSA) is 57.6 Å². The van der Waals surface area contributed by atoms with E-state index in [2.05, 4.69) is 0 Å². The molecule has 1 aromatic carbocycles. The number of likely N-dealkylation sites (tertiary alicyclic amines) is 1. The van der Waals surface area contributed by atoms with Crippen LogP contribution in [0, 0.1) is 5.92 Å². The van der Waals surface area contributed by atoms with Gasteiger partial charge >= 0.3 is 5.97 Å². The summed E-state index contributed by atoms with van der Waals surface area (Å²) in [4.78, 5) is 25.8. The maximum Gasteiger partial charge on any atom is 0.310 e. The molecule has 1 unspecified atom stereocenters. The van der Waals surface area contributed by atoms with Crippen LogP contribution in [0.2, 0.25) is 0 Å². The first-order valence-electron chi connectivity index (χ1n) is 5.90. The Balaban J connectivity index is 1.71. The summed E-state index contributed by atoms with van der Waals surface area (Å²) in [5.41, 5.74) is 1.09. The zero-order valence-corrected chi connectivity index (χ0v) is 10.5. The molecule has 0 bridgehead atoms. The molecule has 1 saturated heterocycles. The zero-order valence-electron chi connectivity index (χ0n) is 9.70. The van der Waals surface area contributed by atoms with Crippen LogP contribution in [0.4, 0.5) is 0 Å². The number of rotatable bonds is 2. The smallest absolute Gasteiger partial charge is 0.310 e. The molecule has 0 saturated carbocycles. The minimum absolute atomic E-state index is 0.0740. The summed E-state index contributed by atoms with van der Waals surface area (Å²) in [5.74, 6) is -0.434. The number of carboxylic acid groups (broad SMARTS) is 1. The lowest BCUT2D eigenvalue weighted by atomic mass is 9.94. The average molecular weight is 263 g/mol. The van der Waals surface area contributed by atoms with Gasteiger partial charge in [0.25, 0.3) is 0 Å². The molecule has 2 aliphatic heterocycles. The Morgan fingerprint density at radius 1 is 1.28 bits per heavy atom. The number of benzene rings is 1. The Morgan fingerprint density at radius 2 is 2.00 bits per heavy atom. The van der Waals surface area contributed by atoms with Crippen LogP contribution in [0.1, 0.15) is 11.5 Å². The van der Waals surface area contributed by atoms with Crippen molar-refractivity contribution in [3.05, 3.63) is 29.8 Å². The molecular formula is C13H13NO3S. The SMILES string of the molecule is O=C(O)C1CN(C(=O)C2CSc3ccccc32)C1. The normalized spacial score (nSPS) is 22.4. The number of thioether (sulfide) groups is 1. The monoisotopic (exact) mass is 263 g/mol. The Labute approximate surface area is 109 Å². The molecule has 0 aromatic heterocycles. The third-order valence-electron chi connectivity index (χ3n) is 3.54. The highest BCUT2D eigenvalue weighted by molar-refractivity contribution is 7.99. The van der Waals surface area contributed by atoms with E-state index in [9.17, 15) is 9.59 Å². The quantitative estimate of drug-likeness (QED) is 0.876. The highest BCUT2D eigenvalue weighted by Crippen LogP contribution is 2.40. The van der Waals surface area contributed by atoms with Crippen LogP contribution >= 0.6 is 11.8 Å². The molecule has 1 fully saturated rings. The lowest BCUT2D eigenvalue weighted by Gasteiger charge is -2.38. The van der Waals surface area contributed by atoms with E-state index in [0.717, 1.165) is 11.3 Å². The Morgan fingerprint density at radius 3 is 2.72 bits per heavy atom. The minimum atomic E-state index is -0.805. The van der Waals surface area contributed by atoms with E-state index >= 15 is 0 Å². The predicted molar refractivity (Wildman–Crippen MR) is 67.6 cm³/mol. The maximum atomic E-state index is 12.3. The predicted octanol–water partition coefficient (Wildman–Crippen LogP) is 1.42. The standard InChI is InChI=1S/C13H13NO3S/c15-12(14-5-8(6-14)13(16)17)10-7-18-11-4-2-1-3-9(10)11/h1-4,8,10H,5-7H2,(H,16,17). The van der Waals surface area contributed by atoms with Crippen LogP contribution in [0.15, 0.2) is 29.2 Å². The molecular weight excluding hydrogens is 250 g/mol. The van der Waals surface area contributed by atoms with E-state index < -0.39 is 5.97 Å². The summed E-state index contributed by atoms with van der Waals surface area (Å²) in [6.45, 7) is 0.717. The van der Waals surface area contributed by atoms with Crippen LogP contribution in [0.5, 0.6) is 0 Å². The molecule has 4 nitrogen and oxygen atoms in total. The number of hydrogen-bond acceptors (Lipinski definition) is 3. The second-order valence-corrected chi connectivity index (χ2v) is 5.74. The van der Waals surface area contributed by atoms with E-state index in [0.29, 0.717) is 13.1 Å². The van der Waals surface area contributed by atoms with E-state index in [1.165, 1.54) is 4.90 Å². The van der Waals surface area contributed by atoms with Crippen molar-refractivity contribution in [3.8, 4) is 0 Å². The zero-order chi connectivity index (χ0) is 12.7. The molecule has 0 spiro atoms. The number of carbonyl (C=O) groups is 2. The third-order valence-corrected chi connectivity index (χ3v) is 4.72. The minimum Gasteiger partial charge on any atom is -0.481 e. The maximum absolute atomic E-state index is 12.3. The van der Waals surface area contributed by atoms with Gasteiger partial charge in [0.2, 0.25) is 5.91 Å². The Bertz CT molecular complexity index is 511. The lowest BCUT2D eigenvalue weighted by Crippen LogP contribution is -2.54. The highest BCUT2D eigenvalue weighted by atomic mass is 32.2. The first kappa shape index (κ1) is 11.6. The van der Waals surface area contributed by atoms with Gasteiger partial charge in [-0.05, 0) is 11.6 Å². The van der Waals surface area contributed by atoms with Crippen LogP contribution in [-0.2, 0) is 9.59 Å². The first-order valence-corrected chi connectivity index (χ1v) is 6.88.